The molecule has 1 aromatic rings. The molecule has 19 heavy (non-hydrogen) atoms. The lowest BCUT2D eigenvalue weighted by Gasteiger charge is -2.43. The van der Waals surface area contributed by atoms with Crippen molar-refractivity contribution in [2.24, 2.45) is 0 Å². The van der Waals surface area contributed by atoms with Crippen LogP contribution in [-0.2, 0) is 0 Å². The van der Waals surface area contributed by atoms with Gasteiger partial charge in [-0.2, -0.15) is 0 Å². The highest BCUT2D eigenvalue weighted by molar-refractivity contribution is 7.15. The summed E-state index contributed by atoms with van der Waals surface area (Å²) in [5.74, 6) is 0. The Morgan fingerprint density at radius 1 is 0.895 bits per heavy atom. The Hall–Kier alpha value is -0.606. The molecule has 2 rings (SSSR count). The molecule has 1 heterocycles. The lowest BCUT2D eigenvalue weighted by molar-refractivity contribution is 0.925. The average Bonchev–Trinajstić information content (AvgIpc) is 2.64. The molecule has 0 radical (unpaired) electrons. The lowest BCUT2D eigenvalue weighted by Crippen LogP contribution is -2.58. The molecule has 0 aromatic heterocycles. The van der Waals surface area contributed by atoms with Gasteiger partial charge in [-0.25, -0.2) is 0 Å². The van der Waals surface area contributed by atoms with Crippen molar-refractivity contribution in [3.05, 3.63) is 34.6 Å². The minimum absolute atomic E-state index is 0.786. The summed E-state index contributed by atoms with van der Waals surface area (Å²) in [6.45, 7) is 17.4. The third kappa shape index (κ3) is 2.09. The van der Waals surface area contributed by atoms with E-state index in [2.05, 4.69) is 77.7 Å². The zero-order valence-corrected chi connectivity index (χ0v) is 15.5. The van der Waals surface area contributed by atoms with E-state index in [1.165, 1.54) is 5.56 Å². The Labute approximate surface area is 121 Å². The van der Waals surface area contributed by atoms with Crippen LogP contribution in [0.25, 0.3) is 6.08 Å². The van der Waals surface area contributed by atoms with E-state index in [9.17, 15) is 0 Å². The Kier molecular flexibility index (Phi) is 3.69. The number of benzene rings is 1. The number of hydrogen-bond donors (Lipinski definition) is 0. The fourth-order valence-corrected chi connectivity index (χ4v) is 17.4. The SMILES string of the molecule is CC(C)[Si]1(C(C)C)C([Si](C)(C)C)=Cc2ccccc21. The van der Waals surface area contributed by atoms with E-state index in [-0.39, 0.29) is 0 Å². The molecule has 104 valence electrons. The van der Waals surface area contributed by atoms with Gasteiger partial charge < -0.3 is 0 Å². The Balaban J connectivity index is 2.76. The smallest absolute Gasteiger partial charge is 0.0851 e. The Morgan fingerprint density at radius 2 is 1.42 bits per heavy atom. The van der Waals surface area contributed by atoms with E-state index in [0.717, 1.165) is 11.1 Å². The molecule has 0 nitrogen and oxygen atoms in total. The normalized spacial score (nSPS) is 17.8. The van der Waals surface area contributed by atoms with Crippen molar-refractivity contribution in [2.75, 3.05) is 0 Å². The first-order valence-corrected chi connectivity index (χ1v) is 13.2. The third-order valence-corrected chi connectivity index (χ3v) is 16.1. The van der Waals surface area contributed by atoms with Crippen molar-refractivity contribution in [3.8, 4) is 0 Å². The molecule has 0 saturated heterocycles. The van der Waals surface area contributed by atoms with Crippen molar-refractivity contribution >= 4 is 27.4 Å². The van der Waals surface area contributed by atoms with Crippen LogP contribution >= 0.6 is 0 Å². The van der Waals surface area contributed by atoms with Crippen LogP contribution in [0.2, 0.25) is 30.7 Å². The van der Waals surface area contributed by atoms with Crippen LogP contribution < -0.4 is 5.19 Å². The maximum Gasteiger partial charge on any atom is 0.115 e. The summed E-state index contributed by atoms with van der Waals surface area (Å²) < 4.78 is 0. The van der Waals surface area contributed by atoms with Crippen molar-refractivity contribution in [1.82, 2.24) is 0 Å². The molecular formula is C17H28Si2. The highest BCUT2D eigenvalue weighted by Crippen LogP contribution is 2.46. The minimum atomic E-state index is -1.55. The molecule has 0 saturated carbocycles. The highest BCUT2D eigenvalue weighted by Gasteiger charge is 2.51. The molecule has 2 heteroatoms. The largest absolute Gasteiger partial charge is 0.115 e. The molecule has 0 aliphatic carbocycles. The fourth-order valence-electron chi connectivity index (χ4n) is 4.17. The standard InChI is InChI=1S/C17H28Si2/c1-13(2)19(14(3)4)16-11-9-8-10-15(16)12-17(19)18(5,6)7/h8-14H,1-7H3. The molecule has 0 amide bonds. The summed E-state index contributed by atoms with van der Waals surface area (Å²) in [6, 6.07) is 9.19. The van der Waals surface area contributed by atoms with Gasteiger partial charge in [-0.3, -0.25) is 0 Å². The van der Waals surface area contributed by atoms with Gasteiger partial charge in [-0.15, -0.1) is 0 Å². The van der Waals surface area contributed by atoms with Gasteiger partial charge in [0.15, 0.2) is 0 Å². The lowest BCUT2D eigenvalue weighted by atomic mass is 10.2. The number of hydrogen-bond acceptors (Lipinski definition) is 0. The first-order chi connectivity index (χ1) is 8.72. The van der Waals surface area contributed by atoms with Crippen molar-refractivity contribution in [1.29, 1.82) is 0 Å². The van der Waals surface area contributed by atoms with Gasteiger partial charge in [-0.05, 0) is 21.8 Å². The highest BCUT2D eigenvalue weighted by atomic mass is 28.4. The molecule has 1 aliphatic heterocycles. The molecule has 0 fully saturated rings. The van der Waals surface area contributed by atoms with E-state index >= 15 is 0 Å². The van der Waals surface area contributed by atoms with Gasteiger partial charge >= 0.3 is 0 Å². The molecule has 1 aliphatic rings. The topological polar surface area (TPSA) is 0 Å². The van der Waals surface area contributed by atoms with Crippen molar-refractivity contribution < 1.29 is 0 Å². The number of fused-ring (bicyclic) bond motifs is 1. The second-order valence-electron chi connectivity index (χ2n) is 7.57. The number of rotatable bonds is 3. The first kappa shape index (κ1) is 14.8. The van der Waals surface area contributed by atoms with Gasteiger partial charge in [0.25, 0.3) is 0 Å². The van der Waals surface area contributed by atoms with Gasteiger partial charge in [0, 0.05) is 0 Å². The quantitative estimate of drug-likeness (QED) is 0.688. The van der Waals surface area contributed by atoms with E-state index in [4.69, 9.17) is 0 Å². The van der Waals surface area contributed by atoms with Crippen LogP contribution in [0.4, 0.5) is 0 Å². The van der Waals surface area contributed by atoms with E-state index in [1.54, 1.807) is 5.19 Å². The Bertz CT molecular complexity index is 496. The van der Waals surface area contributed by atoms with Crippen LogP contribution in [0.15, 0.2) is 29.1 Å². The van der Waals surface area contributed by atoms with Crippen molar-refractivity contribution in [2.45, 2.75) is 58.4 Å². The summed E-state index contributed by atoms with van der Waals surface area (Å²) in [5.41, 5.74) is 3.09. The zero-order valence-electron chi connectivity index (χ0n) is 13.5. The van der Waals surface area contributed by atoms with E-state index in [1.807, 2.05) is 4.82 Å². The van der Waals surface area contributed by atoms with Gasteiger partial charge in [-0.1, -0.05) is 82.5 Å². The third-order valence-electron chi connectivity index (χ3n) is 4.78. The fraction of sp³-hybridized carbons (Fsp3) is 0.529. The summed E-state index contributed by atoms with van der Waals surface area (Å²) in [4.78, 5) is 1.88. The minimum Gasteiger partial charge on any atom is -0.0851 e. The maximum atomic E-state index is 2.58. The van der Waals surface area contributed by atoms with Gasteiger partial charge in [0.1, 0.15) is 8.07 Å². The van der Waals surface area contributed by atoms with E-state index < -0.39 is 16.1 Å². The molecule has 0 bridgehead atoms. The monoisotopic (exact) mass is 288 g/mol. The van der Waals surface area contributed by atoms with Gasteiger partial charge in [0.05, 0.1) is 8.07 Å². The molecule has 0 N–H and O–H groups in total. The van der Waals surface area contributed by atoms with Crippen LogP contribution in [0.1, 0.15) is 33.3 Å². The van der Waals surface area contributed by atoms with Gasteiger partial charge in [0.2, 0.25) is 0 Å². The second-order valence-corrected chi connectivity index (χ2v) is 18.2. The average molecular weight is 289 g/mol. The first-order valence-electron chi connectivity index (χ1n) is 7.54. The molecule has 0 unspecified atom stereocenters. The van der Waals surface area contributed by atoms with Crippen LogP contribution in [-0.4, -0.2) is 16.1 Å². The molecular weight excluding hydrogens is 260 g/mol. The van der Waals surface area contributed by atoms with Crippen LogP contribution in [0, 0.1) is 0 Å². The molecule has 0 atom stereocenters. The predicted octanol–water partition coefficient (Wildman–Crippen LogP) is 4.98. The second kappa shape index (κ2) is 4.74. The summed E-state index contributed by atoms with van der Waals surface area (Å²) in [7, 11) is -2.81. The molecule has 1 aromatic carbocycles. The summed E-state index contributed by atoms with van der Waals surface area (Å²) >= 11 is 0. The summed E-state index contributed by atoms with van der Waals surface area (Å²) in [6.07, 6.45) is 2.58. The van der Waals surface area contributed by atoms with E-state index in [0.29, 0.717) is 0 Å². The zero-order chi connectivity index (χ0) is 14.4. The van der Waals surface area contributed by atoms with Crippen molar-refractivity contribution in [3.63, 3.8) is 0 Å². The predicted molar refractivity (Wildman–Crippen MR) is 93.3 cm³/mol. The Morgan fingerprint density at radius 3 is 1.89 bits per heavy atom. The summed E-state index contributed by atoms with van der Waals surface area (Å²) in [5, 5.41) is 1.71. The maximum absolute atomic E-state index is 2.58. The molecule has 0 spiro atoms. The van der Waals surface area contributed by atoms with Crippen LogP contribution in [0.5, 0.6) is 0 Å². The van der Waals surface area contributed by atoms with Crippen LogP contribution in [0.3, 0.4) is 0 Å².